The molecule has 1 aliphatic rings. The molecule has 1 aliphatic heterocycles. The number of ether oxygens (including phenoxy) is 1. The number of hydrogen-bond donors (Lipinski definition) is 2. The fraction of sp³-hybridized carbons (Fsp3) is 0.462. The number of nitrogen functional groups attached to an aromatic ring is 1. The Morgan fingerprint density at radius 3 is 2.95 bits per heavy atom. The van der Waals surface area contributed by atoms with Gasteiger partial charge in [-0.15, -0.1) is 11.8 Å². The van der Waals surface area contributed by atoms with Gasteiger partial charge in [-0.25, -0.2) is 4.98 Å². The van der Waals surface area contributed by atoms with Crippen LogP contribution in [-0.4, -0.2) is 54.9 Å². The first kappa shape index (κ1) is 15.6. The number of anilines is 2. The number of carbonyl (C=O) groups is 1. The number of nitrogens with one attached hydrogen (secondary N) is 1. The highest BCUT2D eigenvalue weighted by molar-refractivity contribution is 7.98. The van der Waals surface area contributed by atoms with E-state index in [0.29, 0.717) is 41.9 Å². The molecule has 1 saturated heterocycles. The van der Waals surface area contributed by atoms with Crippen LogP contribution in [0.1, 0.15) is 5.56 Å². The lowest BCUT2D eigenvalue weighted by Gasteiger charge is -2.25. The van der Waals surface area contributed by atoms with Crippen molar-refractivity contribution in [2.75, 3.05) is 50.2 Å². The first-order chi connectivity index (χ1) is 10.1. The average Bonchev–Trinajstić information content (AvgIpc) is 2.47. The monoisotopic (exact) mass is 307 g/mol. The minimum Gasteiger partial charge on any atom is -0.397 e. The highest BCUT2D eigenvalue weighted by Crippen LogP contribution is 2.25. The van der Waals surface area contributed by atoms with E-state index in [1.54, 1.807) is 0 Å². The van der Waals surface area contributed by atoms with E-state index in [1.165, 1.54) is 17.8 Å². The van der Waals surface area contributed by atoms with Crippen molar-refractivity contribution in [2.24, 2.45) is 0 Å². The molecule has 0 unspecified atom stereocenters. The summed E-state index contributed by atoms with van der Waals surface area (Å²) in [4.78, 5) is 18.3. The minimum atomic E-state index is -0.152. The molecule has 0 aromatic carbocycles. The SMILES string of the molecule is CSc1nc(NC(=O)CN2CCOCC2)cc(N)c1C#N. The summed E-state index contributed by atoms with van der Waals surface area (Å²) in [5, 5.41) is 12.3. The van der Waals surface area contributed by atoms with Crippen LogP contribution < -0.4 is 11.1 Å². The number of amides is 1. The number of nitrogens with zero attached hydrogens (tertiary/aromatic N) is 3. The van der Waals surface area contributed by atoms with Crippen molar-refractivity contribution in [3.8, 4) is 6.07 Å². The van der Waals surface area contributed by atoms with Crippen LogP contribution in [0, 0.1) is 11.3 Å². The maximum absolute atomic E-state index is 12.0. The summed E-state index contributed by atoms with van der Waals surface area (Å²) in [5.74, 6) is 0.217. The van der Waals surface area contributed by atoms with Gasteiger partial charge in [0.05, 0.1) is 25.4 Å². The Kier molecular flexibility index (Phi) is 5.38. The van der Waals surface area contributed by atoms with Gasteiger partial charge in [0, 0.05) is 19.2 Å². The molecular formula is C13H17N5O2S. The second kappa shape index (κ2) is 7.26. The summed E-state index contributed by atoms with van der Waals surface area (Å²) in [6.07, 6.45) is 1.81. The number of morpholine rings is 1. The quantitative estimate of drug-likeness (QED) is 0.782. The van der Waals surface area contributed by atoms with Crippen molar-refractivity contribution < 1.29 is 9.53 Å². The van der Waals surface area contributed by atoms with E-state index >= 15 is 0 Å². The second-order valence-electron chi connectivity index (χ2n) is 4.53. The van der Waals surface area contributed by atoms with Crippen LogP contribution in [-0.2, 0) is 9.53 Å². The van der Waals surface area contributed by atoms with Crippen LogP contribution in [0.25, 0.3) is 0 Å². The van der Waals surface area contributed by atoms with Gasteiger partial charge in [-0.2, -0.15) is 5.26 Å². The average molecular weight is 307 g/mol. The molecule has 0 saturated carbocycles. The molecule has 1 fully saturated rings. The van der Waals surface area contributed by atoms with Gasteiger partial charge >= 0.3 is 0 Å². The molecule has 2 rings (SSSR count). The lowest BCUT2D eigenvalue weighted by Crippen LogP contribution is -2.41. The summed E-state index contributed by atoms with van der Waals surface area (Å²) >= 11 is 1.32. The smallest absolute Gasteiger partial charge is 0.239 e. The Labute approximate surface area is 127 Å². The molecule has 7 nitrogen and oxygen atoms in total. The van der Waals surface area contributed by atoms with Gasteiger partial charge in [-0.3, -0.25) is 9.69 Å². The number of carbonyl (C=O) groups excluding carboxylic acids is 1. The summed E-state index contributed by atoms with van der Waals surface area (Å²) in [5.41, 5.74) is 6.47. The standard InChI is InChI=1S/C13H17N5O2S/c1-21-13-9(7-14)10(15)6-11(17-13)16-12(19)8-18-2-4-20-5-3-18/h6H,2-5,8H2,1H3,(H3,15,16,17,19). The molecule has 112 valence electrons. The zero-order valence-corrected chi connectivity index (χ0v) is 12.6. The number of rotatable bonds is 4. The predicted octanol–water partition coefficient (Wildman–Crippen LogP) is 0.528. The topological polar surface area (TPSA) is 104 Å². The number of pyridine rings is 1. The number of aromatic nitrogens is 1. The third kappa shape index (κ3) is 4.07. The number of thioether (sulfide) groups is 1. The van der Waals surface area contributed by atoms with Gasteiger partial charge in [0.15, 0.2) is 0 Å². The van der Waals surface area contributed by atoms with Gasteiger partial charge in [-0.05, 0) is 6.26 Å². The predicted molar refractivity (Wildman–Crippen MR) is 81.0 cm³/mol. The fourth-order valence-electron chi connectivity index (χ4n) is 2.01. The van der Waals surface area contributed by atoms with E-state index in [0.717, 1.165) is 13.1 Å². The molecule has 0 atom stereocenters. The van der Waals surface area contributed by atoms with Crippen LogP contribution in [0.4, 0.5) is 11.5 Å². The molecule has 8 heteroatoms. The largest absolute Gasteiger partial charge is 0.397 e. The maximum atomic E-state index is 12.0. The van der Waals surface area contributed by atoms with Crippen LogP contribution in [0.15, 0.2) is 11.1 Å². The molecule has 0 spiro atoms. The Hall–Kier alpha value is -1.82. The lowest BCUT2D eigenvalue weighted by molar-refractivity contribution is -0.118. The molecule has 0 bridgehead atoms. The normalized spacial score (nSPS) is 15.4. The zero-order valence-electron chi connectivity index (χ0n) is 11.8. The molecular weight excluding hydrogens is 290 g/mol. The Bertz CT molecular complexity index is 566. The molecule has 21 heavy (non-hydrogen) atoms. The molecule has 3 N–H and O–H groups in total. The van der Waals surface area contributed by atoms with Crippen molar-refractivity contribution >= 4 is 29.2 Å². The second-order valence-corrected chi connectivity index (χ2v) is 5.32. The Morgan fingerprint density at radius 2 is 2.33 bits per heavy atom. The van der Waals surface area contributed by atoms with E-state index in [2.05, 4.69) is 10.3 Å². The molecule has 0 radical (unpaired) electrons. The highest BCUT2D eigenvalue weighted by Gasteiger charge is 2.16. The van der Waals surface area contributed by atoms with Gasteiger partial charge in [0.2, 0.25) is 5.91 Å². The third-order valence-corrected chi connectivity index (χ3v) is 3.74. The number of nitrogens with two attached hydrogens (primary N) is 1. The summed E-state index contributed by atoms with van der Waals surface area (Å²) in [7, 11) is 0. The van der Waals surface area contributed by atoms with Gasteiger partial charge in [0.1, 0.15) is 22.5 Å². The van der Waals surface area contributed by atoms with Gasteiger partial charge in [-0.1, -0.05) is 0 Å². The van der Waals surface area contributed by atoms with Crippen molar-refractivity contribution in [2.45, 2.75) is 5.03 Å². The van der Waals surface area contributed by atoms with Crippen LogP contribution >= 0.6 is 11.8 Å². The first-order valence-corrected chi connectivity index (χ1v) is 7.71. The molecule has 0 aliphatic carbocycles. The summed E-state index contributed by atoms with van der Waals surface area (Å²) < 4.78 is 5.24. The summed E-state index contributed by atoms with van der Waals surface area (Å²) in [6, 6.07) is 3.53. The van der Waals surface area contributed by atoms with E-state index in [1.807, 2.05) is 17.2 Å². The number of nitriles is 1. The minimum absolute atomic E-state index is 0.152. The van der Waals surface area contributed by atoms with Crippen molar-refractivity contribution in [3.05, 3.63) is 11.6 Å². The van der Waals surface area contributed by atoms with Gasteiger partial charge in [0.25, 0.3) is 0 Å². The molecule has 1 aromatic rings. The maximum Gasteiger partial charge on any atom is 0.239 e. The number of hydrogen-bond acceptors (Lipinski definition) is 7. The third-order valence-electron chi connectivity index (χ3n) is 3.06. The fourth-order valence-corrected chi connectivity index (χ4v) is 2.57. The highest BCUT2D eigenvalue weighted by atomic mass is 32.2. The Balaban J connectivity index is 2.03. The van der Waals surface area contributed by atoms with Crippen molar-refractivity contribution in [1.29, 1.82) is 5.26 Å². The van der Waals surface area contributed by atoms with Crippen LogP contribution in [0.5, 0.6) is 0 Å². The van der Waals surface area contributed by atoms with E-state index in [4.69, 9.17) is 15.7 Å². The van der Waals surface area contributed by atoms with Crippen molar-refractivity contribution in [1.82, 2.24) is 9.88 Å². The van der Waals surface area contributed by atoms with Gasteiger partial charge < -0.3 is 15.8 Å². The zero-order chi connectivity index (χ0) is 15.2. The van der Waals surface area contributed by atoms with E-state index in [9.17, 15) is 4.79 Å². The Morgan fingerprint density at radius 1 is 1.62 bits per heavy atom. The van der Waals surface area contributed by atoms with E-state index in [-0.39, 0.29) is 5.91 Å². The molecule has 1 aromatic heterocycles. The first-order valence-electron chi connectivity index (χ1n) is 6.48. The summed E-state index contributed by atoms with van der Waals surface area (Å²) in [6.45, 7) is 3.07. The molecule has 2 heterocycles. The van der Waals surface area contributed by atoms with Crippen LogP contribution in [0.2, 0.25) is 0 Å². The van der Waals surface area contributed by atoms with E-state index < -0.39 is 0 Å². The molecule has 1 amide bonds. The lowest BCUT2D eigenvalue weighted by atomic mass is 10.2. The van der Waals surface area contributed by atoms with Crippen molar-refractivity contribution in [3.63, 3.8) is 0 Å². The van der Waals surface area contributed by atoms with Crippen LogP contribution in [0.3, 0.4) is 0 Å².